The molecule has 1 aliphatic heterocycles. The molecule has 1 aromatic heterocycles. The van der Waals surface area contributed by atoms with Crippen LogP contribution in [0.3, 0.4) is 0 Å². The van der Waals surface area contributed by atoms with Gasteiger partial charge in [0.05, 0.1) is 25.2 Å². The minimum absolute atomic E-state index is 0.0227. The first-order valence-electron chi connectivity index (χ1n) is 6.20. The lowest BCUT2D eigenvalue weighted by Crippen LogP contribution is -2.29. The van der Waals surface area contributed by atoms with E-state index in [1.54, 1.807) is 12.5 Å². The van der Waals surface area contributed by atoms with Gasteiger partial charge in [0, 0.05) is 17.0 Å². The van der Waals surface area contributed by atoms with Gasteiger partial charge >= 0.3 is 0 Å². The summed E-state index contributed by atoms with van der Waals surface area (Å²) in [5.41, 5.74) is 6.06. The first kappa shape index (κ1) is 12.5. The maximum absolute atomic E-state index is 6.15. The van der Waals surface area contributed by atoms with Crippen LogP contribution in [0.2, 0.25) is 5.02 Å². The molecule has 19 heavy (non-hydrogen) atoms. The highest BCUT2D eigenvalue weighted by molar-refractivity contribution is 6.30. The number of nitrogens with one attached hydrogen (secondary N) is 1. The second-order valence-corrected chi connectivity index (χ2v) is 5.07. The number of ether oxygens (including phenoxy) is 1. The molecular weight excluding hydrogens is 264 g/mol. The van der Waals surface area contributed by atoms with Crippen molar-refractivity contribution in [3.8, 4) is 5.75 Å². The first-order valence-corrected chi connectivity index (χ1v) is 6.58. The van der Waals surface area contributed by atoms with Crippen LogP contribution in [-0.2, 0) is 12.8 Å². The highest BCUT2D eigenvalue weighted by Gasteiger charge is 2.21. The van der Waals surface area contributed by atoms with Gasteiger partial charge in [-0.25, -0.2) is 0 Å². The number of halogens is 1. The van der Waals surface area contributed by atoms with Crippen molar-refractivity contribution >= 4 is 11.6 Å². The fraction of sp³-hybridized carbons (Fsp3) is 0.286. The number of fused-ring (bicyclic) bond motifs is 1. The Morgan fingerprint density at radius 2 is 2.32 bits per heavy atom. The highest BCUT2D eigenvalue weighted by Crippen LogP contribution is 2.35. The molecule has 0 bridgehead atoms. The van der Waals surface area contributed by atoms with Crippen LogP contribution >= 0.6 is 11.6 Å². The molecule has 5 heteroatoms. The van der Waals surface area contributed by atoms with Crippen molar-refractivity contribution in [2.24, 2.45) is 5.84 Å². The van der Waals surface area contributed by atoms with Crippen molar-refractivity contribution in [2.45, 2.75) is 18.9 Å². The third-order valence-electron chi connectivity index (χ3n) is 3.40. The molecule has 1 aliphatic rings. The third-order valence-corrected chi connectivity index (χ3v) is 3.61. The molecule has 2 heterocycles. The number of hydrazine groups is 1. The van der Waals surface area contributed by atoms with E-state index < -0.39 is 0 Å². The summed E-state index contributed by atoms with van der Waals surface area (Å²) < 4.78 is 10.8. The molecule has 2 aromatic rings. The summed E-state index contributed by atoms with van der Waals surface area (Å²) in [7, 11) is 0. The largest absolute Gasteiger partial charge is 0.493 e. The Balaban J connectivity index is 1.90. The van der Waals surface area contributed by atoms with Gasteiger partial charge in [-0.3, -0.25) is 11.3 Å². The van der Waals surface area contributed by atoms with E-state index in [4.69, 9.17) is 26.6 Å². The van der Waals surface area contributed by atoms with E-state index in [2.05, 4.69) is 5.43 Å². The maximum atomic E-state index is 6.15. The second kappa shape index (κ2) is 5.25. The summed E-state index contributed by atoms with van der Waals surface area (Å²) in [6.07, 6.45) is 4.95. The number of furan rings is 1. The fourth-order valence-corrected chi connectivity index (χ4v) is 2.73. The Morgan fingerprint density at radius 3 is 3.05 bits per heavy atom. The number of nitrogens with two attached hydrogens (primary N) is 1. The van der Waals surface area contributed by atoms with Crippen molar-refractivity contribution in [3.05, 3.63) is 52.4 Å². The van der Waals surface area contributed by atoms with Crippen LogP contribution in [0.1, 0.15) is 22.7 Å². The zero-order valence-corrected chi connectivity index (χ0v) is 11.1. The predicted octanol–water partition coefficient (Wildman–Crippen LogP) is 2.62. The monoisotopic (exact) mass is 278 g/mol. The average Bonchev–Trinajstić information content (AvgIpc) is 3.05. The maximum Gasteiger partial charge on any atom is 0.125 e. The van der Waals surface area contributed by atoms with Crippen LogP contribution < -0.4 is 16.0 Å². The van der Waals surface area contributed by atoms with Gasteiger partial charge in [0.25, 0.3) is 0 Å². The molecule has 0 saturated heterocycles. The molecule has 1 unspecified atom stereocenters. The molecule has 100 valence electrons. The molecular formula is C14H15ClN2O2. The predicted molar refractivity (Wildman–Crippen MR) is 73.1 cm³/mol. The third kappa shape index (κ3) is 2.47. The van der Waals surface area contributed by atoms with E-state index in [9.17, 15) is 0 Å². The molecule has 0 saturated carbocycles. The summed E-state index contributed by atoms with van der Waals surface area (Å²) in [5, 5.41) is 0.738. The Morgan fingerprint density at radius 1 is 1.42 bits per heavy atom. The van der Waals surface area contributed by atoms with Crippen LogP contribution in [-0.4, -0.2) is 6.61 Å². The Labute approximate surface area is 116 Å². The second-order valence-electron chi connectivity index (χ2n) is 4.63. The lowest BCUT2D eigenvalue weighted by Gasteiger charge is -2.16. The van der Waals surface area contributed by atoms with Gasteiger partial charge < -0.3 is 9.15 Å². The van der Waals surface area contributed by atoms with E-state index in [0.717, 1.165) is 34.9 Å². The molecule has 1 aromatic carbocycles. The molecule has 0 aliphatic carbocycles. The Hall–Kier alpha value is -1.49. The van der Waals surface area contributed by atoms with Crippen molar-refractivity contribution in [3.63, 3.8) is 0 Å². The standard InChI is InChI=1S/C14H15ClN2O2/c15-12-5-9-2-4-19-14(9)11(6-12)7-13(17-16)10-1-3-18-8-10/h1,3,5-6,8,13,17H,2,4,7,16H2. The summed E-state index contributed by atoms with van der Waals surface area (Å²) >= 11 is 6.15. The Kier molecular flexibility index (Phi) is 3.46. The van der Waals surface area contributed by atoms with Crippen LogP contribution in [0.5, 0.6) is 5.75 Å². The topological polar surface area (TPSA) is 60.4 Å². The molecule has 4 nitrogen and oxygen atoms in total. The van der Waals surface area contributed by atoms with Crippen molar-refractivity contribution in [1.29, 1.82) is 0 Å². The fourth-order valence-electron chi connectivity index (χ4n) is 2.46. The van der Waals surface area contributed by atoms with Gasteiger partial charge in [0.1, 0.15) is 5.75 Å². The average molecular weight is 279 g/mol. The van der Waals surface area contributed by atoms with E-state index in [0.29, 0.717) is 6.42 Å². The van der Waals surface area contributed by atoms with Crippen LogP contribution in [0.15, 0.2) is 35.1 Å². The van der Waals surface area contributed by atoms with Crippen LogP contribution in [0.25, 0.3) is 0 Å². The van der Waals surface area contributed by atoms with Crippen molar-refractivity contribution in [2.75, 3.05) is 6.61 Å². The summed E-state index contributed by atoms with van der Waals surface area (Å²) in [5.74, 6) is 6.58. The number of benzene rings is 1. The van der Waals surface area contributed by atoms with Gasteiger partial charge in [-0.2, -0.15) is 0 Å². The zero-order valence-electron chi connectivity index (χ0n) is 10.4. The minimum atomic E-state index is -0.0227. The van der Waals surface area contributed by atoms with Gasteiger partial charge in [0.2, 0.25) is 0 Å². The van der Waals surface area contributed by atoms with Gasteiger partial charge in [-0.15, -0.1) is 0 Å². The van der Waals surface area contributed by atoms with Gasteiger partial charge in [-0.05, 0) is 35.7 Å². The quantitative estimate of drug-likeness (QED) is 0.667. The zero-order chi connectivity index (χ0) is 13.2. The molecule has 3 N–H and O–H groups in total. The lowest BCUT2D eigenvalue weighted by molar-refractivity contribution is 0.351. The van der Waals surface area contributed by atoms with Crippen LogP contribution in [0.4, 0.5) is 0 Å². The summed E-state index contributed by atoms with van der Waals surface area (Å²) in [4.78, 5) is 0. The van der Waals surface area contributed by atoms with E-state index in [-0.39, 0.29) is 6.04 Å². The van der Waals surface area contributed by atoms with Gasteiger partial charge in [0.15, 0.2) is 0 Å². The number of rotatable bonds is 4. The van der Waals surface area contributed by atoms with Crippen molar-refractivity contribution < 1.29 is 9.15 Å². The smallest absolute Gasteiger partial charge is 0.125 e. The van der Waals surface area contributed by atoms with E-state index in [1.807, 2.05) is 18.2 Å². The normalized spacial score (nSPS) is 15.1. The first-order chi connectivity index (χ1) is 9.28. The Bertz CT molecular complexity index is 569. The molecule has 0 radical (unpaired) electrons. The SMILES string of the molecule is NNC(Cc1cc(Cl)cc2c1OCC2)c1ccoc1. The minimum Gasteiger partial charge on any atom is -0.493 e. The highest BCUT2D eigenvalue weighted by atomic mass is 35.5. The van der Waals surface area contributed by atoms with Gasteiger partial charge in [-0.1, -0.05) is 11.6 Å². The molecule has 1 atom stereocenters. The van der Waals surface area contributed by atoms with E-state index in [1.165, 1.54) is 5.56 Å². The molecule has 0 fully saturated rings. The number of hydrogen-bond donors (Lipinski definition) is 2. The molecule has 0 spiro atoms. The lowest BCUT2D eigenvalue weighted by atomic mass is 9.99. The molecule has 0 amide bonds. The number of hydrogen-bond acceptors (Lipinski definition) is 4. The summed E-state index contributed by atoms with van der Waals surface area (Å²) in [6, 6.07) is 5.79. The molecule has 3 rings (SSSR count). The van der Waals surface area contributed by atoms with Crippen molar-refractivity contribution in [1.82, 2.24) is 5.43 Å². The van der Waals surface area contributed by atoms with Crippen LogP contribution in [0, 0.1) is 0 Å². The summed E-state index contributed by atoms with van der Waals surface area (Å²) in [6.45, 7) is 0.717. The van der Waals surface area contributed by atoms with E-state index >= 15 is 0 Å².